The first-order valence-corrected chi connectivity index (χ1v) is 7.91. The molecule has 0 aliphatic carbocycles. The molecule has 1 amide bonds. The van der Waals surface area contributed by atoms with Crippen LogP contribution in [-0.2, 0) is 11.2 Å². The molecule has 0 unspecified atom stereocenters. The summed E-state index contributed by atoms with van der Waals surface area (Å²) in [7, 11) is 0. The lowest BCUT2D eigenvalue weighted by atomic mass is 9.75. The molecule has 1 saturated heterocycles. The number of amides is 1. The fourth-order valence-electron chi connectivity index (χ4n) is 2.73. The van der Waals surface area contributed by atoms with Crippen molar-refractivity contribution in [1.82, 2.24) is 9.88 Å². The van der Waals surface area contributed by atoms with Crippen LogP contribution in [0.25, 0.3) is 0 Å². The summed E-state index contributed by atoms with van der Waals surface area (Å²) in [4.78, 5) is 17.8. The van der Waals surface area contributed by atoms with Gasteiger partial charge in [0.2, 0.25) is 0 Å². The summed E-state index contributed by atoms with van der Waals surface area (Å²) in [6, 6.07) is 6.36. The van der Waals surface area contributed by atoms with Gasteiger partial charge in [-0.15, -0.1) is 0 Å². The third-order valence-corrected chi connectivity index (χ3v) is 4.20. The van der Waals surface area contributed by atoms with Gasteiger partial charge in [0.05, 0.1) is 18.1 Å². The molecule has 1 aliphatic heterocycles. The summed E-state index contributed by atoms with van der Waals surface area (Å²) >= 11 is 0. The Labute approximate surface area is 131 Å². The first-order valence-electron chi connectivity index (χ1n) is 7.91. The second kappa shape index (κ2) is 7.79. The number of carbonyl (C=O) groups is 1. The number of rotatable bonds is 5. The van der Waals surface area contributed by atoms with Crippen molar-refractivity contribution in [2.75, 3.05) is 19.7 Å². The van der Waals surface area contributed by atoms with E-state index in [9.17, 15) is 10.1 Å². The zero-order valence-corrected chi connectivity index (χ0v) is 13.1. The molecule has 2 rings (SSSR count). The molecule has 1 aromatic heterocycles. The molecule has 1 aromatic rings. The van der Waals surface area contributed by atoms with Crippen molar-refractivity contribution in [3.63, 3.8) is 0 Å². The van der Waals surface area contributed by atoms with Crippen molar-refractivity contribution < 1.29 is 9.53 Å². The van der Waals surface area contributed by atoms with E-state index >= 15 is 0 Å². The zero-order valence-electron chi connectivity index (χ0n) is 13.1. The average molecular weight is 301 g/mol. The summed E-state index contributed by atoms with van der Waals surface area (Å²) in [5.74, 6) is 0. The molecule has 0 spiro atoms. The van der Waals surface area contributed by atoms with Gasteiger partial charge in [0, 0.05) is 25.5 Å². The minimum atomic E-state index is -0.400. The van der Waals surface area contributed by atoms with Crippen LogP contribution in [0, 0.1) is 16.7 Å². The van der Waals surface area contributed by atoms with E-state index in [1.54, 1.807) is 11.1 Å². The van der Waals surface area contributed by atoms with Gasteiger partial charge in [0.1, 0.15) is 0 Å². The van der Waals surface area contributed by atoms with Crippen LogP contribution in [0.2, 0.25) is 0 Å². The van der Waals surface area contributed by atoms with Gasteiger partial charge in [-0.3, -0.25) is 4.98 Å². The predicted octanol–water partition coefficient (Wildman–Crippen LogP) is 3.17. The summed E-state index contributed by atoms with van der Waals surface area (Å²) < 4.78 is 5.24. The average Bonchev–Trinajstić information content (AvgIpc) is 2.56. The lowest BCUT2D eigenvalue weighted by molar-refractivity contribution is 0.0777. The number of hydrogen-bond donors (Lipinski definition) is 0. The summed E-state index contributed by atoms with van der Waals surface area (Å²) in [6.07, 6.45) is 7.25. The molecule has 5 nitrogen and oxygen atoms in total. The molecule has 1 aliphatic rings. The first-order chi connectivity index (χ1) is 10.7. The smallest absolute Gasteiger partial charge is 0.409 e. The van der Waals surface area contributed by atoms with Crippen LogP contribution in [0.4, 0.5) is 4.79 Å². The quantitative estimate of drug-likeness (QED) is 0.783. The molecule has 0 bridgehead atoms. The second-order valence-electron chi connectivity index (χ2n) is 5.89. The molecule has 118 valence electrons. The molecule has 0 radical (unpaired) electrons. The van der Waals surface area contributed by atoms with E-state index in [4.69, 9.17) is 4.74 Å². The van der Waals surface area contributed by atoms with Gasteiger partial charge in [0.25, 0.3) is 0 Å². The van der Waals surface area contributed by atoms with Gasteiger partial charge in [-0.05, 0) is 37.3 Å². The fourth-order valence-corrected chi connectivity index (χ4v) is 2.73. The molecule has 22 heavy (non-hydrogen) atoms. The Hall–Kier alpha value is -2.09. The van der Waals surface area contributed by atoms with Gasteiger partial charge >= 0.3 is 6.09 Å². The van der Waals surface area contributed by atoms with E-state index in [0.717, 1.165) is 18.4 Å². The number of likely N-dealkylation sites (tertiary alicyclic amines) is 1. The number of aromatic nitrogens is 1. The van der Waals surface area contributed by atoms with Gasteiger partial charge in [-0.25, -0.2) is 4.79 Å². The third-order valence-electron chi connectivity index (χ3n) is 4.20. The number of unbranched alkanes of at least 4 members (excludes halogenated alkanes) is 1. The molecular formula is C17H23N3O2. The Morgan fingerprint density at radius 1 is 1.50 bits per heavy atom. The SMILES string of the molecule is CCCCOC(=O)N1CCC(C#N)(Cc2cccnc2)CC1. The lowest BCUT2D eigenvalue weighted by Crippen LogP contribution is -2.43. The van der Waals surface area contributed by atoms with E-state index in [1.165, 1.54) is 0 Å². The highest BCUT2D eigenvalue weighted by atomic mass is 16.6. The normalized spacial score (nSPS) is 16.8. The molecular weight excluding hydrogens is 278 g/mol. The van der Waals surface area contributed by atoms with Gasteiger partial charge < -0.3 is 9.64 Å². The molecule has 1 fully saturated rings. The zero-order chi connectivity index (χ0) is 15.8. The largest absolute Gasteiger partial charge is 0.449 e. The van der Waals surface area contributed by atoms with Crippen LogP contribution in [-0.4, -0.2) is 35.7 Å². The number of hydrogen-bond acceptors (Lipinski definition) is 4. The highest BCUT2D eigenvalue weighted by Crippen LogP contribution is 2.34. The first kappa shape index (κ1) is 16.3. The van der Waals surface area contributed by atoms with Gasteiger partial charge in [-0.1, -0.05) is 19.4 Å². The summed E-state index contributed by atoms with van der Waals surface area (Å²) in [6.45, 7) is 3.71. The maximum atomic E-state index is 11.9. The Morgan fingerprint density at radius 3 is 2.86 bits per heavy atom. The standard InChI is InChI=1S/C17H23N3O2/c1-2-3-11-22-16(21)20-9-6-17(14-18,7-10-20)12-15-5-4-8-19-13-15/h4-5,8,13H,2-3,6-7,9-12H2,1H3. The Balaban J connectivity index is 1.88. The van der Waals surface area contributed by atoms with Crippen molar-refractivity contribution in [3.05, 3.63) is 30.1 Å². The monoisotopic (exact) mass is 301 g/mol. The Morgan fingerprint density at radius 2 is 2.27 bits per heavy atom. The molecule has 0 aromatic carbocycles. The predicted molar refractivity (Wildman–Crippen MR) is 83.1 cm³/mol. The summed E-state index contributed by atoms with van der Waals surface area (Å²) in [5.41, 5.74) is 0.673. The van der Waals surface area contributed by atoms with Crippen LogP contribution in [0.3, 0.4) is 0 Å². The van der Waals surface area contributed by atoms with E-state index in [1.807, 2.05) is 18.3 Å². The number of ether oxygens (including phenoxy) is 1. The number of nitrogens with zero attached hydrogens (tertiary/aromatic N) is 3. The molecule has 0 N–H and O–H groups in total. The number of piperidine rings is 1. The van der Waals surface area contributed by atoms with Crippen LogP contribution >= 0.6 is 0 Å². The highest BCUT2D eigenvalue weighted by Gasteiger charge is 2.36. The maximum Gasteiger partial charge on any atom is 0.409 e. The number of nitriles is 1. The molecule has 0 atom stereocenters. The Kier molecular flexibility index (Phi) is 5.76. The summed E-state index contributed by atoms with van der Waals surface area (Å²) in [5, 5.41) is 9.60. The van der Waals surface area contributed by atoms with Crippen LogP contribution in [0.1, 0.15) is 38.2 Å². The van der Waals surface area contributed by atoms with Crippen LogP contribution < -0.4 is 0 Å². The lowest BCUT2D eigenvalue weighted by Gasteiger charge is -2.36. The van der Waals surface area contributed by atoms with Gasteiger partial charge in [-0.2, -0.15) is 5.26 Å². The molecule has 0 saturated carbocycles. The fraction of sp³-hybridized carbons (Fsp3) is 0.588. The van der Waals surface area contributed by atoms with Crippen molar-refractivity contribution >= 4 is 6.09 Å². The highest BCUT2D eigenvalue weighted by molar-refractivity contribution is 5.67. The van der Waals surface area contributed by atoms with E-state index in [-0.39, 0.29) is 6.09 Å². The van der Waals surface area contributed by atoms with Crippen molar-refractivity contribution in [3.8, 4) is 6.07 Å². The molecule has 5 heteroatoms. The number of pyridine rings is 1. The Bertz CT molecular complexity index is 516. The van der Waals surface area contributed by atoms with E-state index < -0.39 is 5.41 Å². The van der Waals surface area contributed by atoms with Crippen molar-refractivity contribution in [2.24, 2.45) is 5.41 Å². The minimum Gasteiger partial charge on any atom is -0.449 e. The molecule has 2 heterocycles. The van der Waals surface area contributed by atoms with Crippen molar-refractivity contribution in [2.45, 2.75) is 39.0 Å². The van der Waals surface area contributed by atoms with Crippen molar-refractivity contribution in [1.29, 1.82) is 5.26 Å². The van der Waals surface area contributed by atoms with Crippen LogP contribution in [0.15, 0.2) is 24.5 Å². The van der Waals surface area contributed by atoms with Gasteiger partial charge in [0.15, 0.2) is 0 Å². The topological polar surface area (TPSA) is 66.2 Å². The maximum absolute atomic E-state index is 11.9. The van der Waals surface area contributed by atoms with E-state index in [0.29, 0.717) is 39.0 Å². The number of carbonyl (C=O) groups excluding carboxylic acids is 1. The third kappa shape index (κ3) is 4.20. The minimum absolute atomic E-state index is 0.249. The van der Waals surface area contributed by atoms with E-state index in [2.05, 4.69) is 18.0 Å². The second-order valence-corrected chi connectivity index (χ2v) is 5.89. The van der Waals surface area contributed by atoms with Crippen LogP contribution in [0.5, 0.6) is 0 Å².